The van der Waals surface area contributed by atoms with Crippen LogP contribution in [0.15, 0.2) is 24.8 Å². The summed E-state index contributed by atoms with van der Waals surface area (Å²) in [5.41, 5.74) is -2.45. The monoisotopic (exact) mass is 448 g/mol. The van der Waals surface area contributed by atoms with Gasteiger partial charge in [-0.3, -0.25) is 0 Å². The topological polar surface area (TPSA) is 27.7 Å². The third-order valence-corrected chi connectivity index (χ3v) is 6.20. The van der Waals surface area contributed by atoms with Gasteiger partial charge < -0.3 is 14.2 Å². The van der Waals surface area contributed by atoms with Gasteiger partial charge in [0.1, 0.15) is 18.2 Å². The van der Waals surface area contributed by atoms with E-state index in [4.69, 9.17) is 14.2 Å². The Morgan fingerprint density at radius 1 is 1.16 bits per heavy atom. The molecule has 3 rings (SSSR count). The van der Waals surface area contributed by atoms with Gasteiger partial charge >= 0.3 is 6.11 Å². The highest BCUT2D eigenvalue weighted by molar-refractivity contribution is 5.41. The van der Waals surface area contributed by atoms with Crippen molar-refractivity contribution in [3.05, 3.63) is 41.7 Å². The Labute approximate surface area is 179 Å². The van der Waals surface area contributed by atoms with E-state index < -0.39 is 41.3 Å². The van der Waals surface area contributed by atoms with Crippen LogP contribution in [0.3, 0.4) is 0 Å². The molecule has 1 heterocycles. The van der Waals surface area contributed by atoms with Crippen LogP contribution < -0.4 is 4.74 Å². The number of alkyl halides is 4. The first kappa shape index (κ1) is 24.0. The van der Waals surface area contributed by atoms with Gasteiger partial charge in [0, 0.05) is 0 Å². The van der Waals surface area contributed by atoms with Gasteiger partial charge in [-0.05, 0) is 49.7 Å². The van der Waals surface area contributed by atoms with E-state index in [2.05, 4.69) is 13.5 Å². The Balaban J connectivity index is 1.65. The normalized spacial score (nSPS) is 27.3. The smallest absolute Gasteiger partial charge is 0.386 e. The van der Waals surface area contributed by atoms with Crippen LogP contribution in [0.25, 0.3) is 0 Å². The summed E-state index contributed by atoms with van der Waals surface area (Å²) in [7, 11) is 0. The molecule has 0 N–H and O–H groups in total. The highest BCUT2D eigenvalue weighted by Crippen LogP contribution is 2.41. The third kappa shape index (κ3) is 5.77. The largest absolute Gasteiger partial charge is 0.489 e. The highest BCUT2D eigenvalue weighted by atomic mass is 19.3. The van der Waals surface area contributed by atoms with Crippen LogP contribution in [-0.2, 0) is 15.6 Å². The maximum atomic E-state index is 14.7. The zero-order chi connectivity index (χ0) is 22.6. The molecule has 2 atom stereocenters. The molecule has 1 saturated heterocycles. The van der Waals surface area contributed by atoms with Crippen molar-refractivity contribution in [2.45, 2.75) is 70.2 Å². The predicted molar refractivity (Wildman–Crippen MR) is 106 cm³/mol. The Kier molecular flexibility index (Phi) is 7.97. The lowest BCUT2D eigenvalue weighted by Crippen LogP contribution is -2.39. The average Bonchev–Trinajstić information content (AvgIpc) is 2.72. The Morgan fingerprint density at radius 3 is 2.45 bits per heavy atom. The van der Waals surface area contributed by atoms with Gasteiger partial charge in [-0.15, -0.1) is 0 Å². The van der Waals surface area contributed by atoms with Crippen LogP contribution in [0.1, 0.15) is 63.0 Å². The van der Waals surface area contributed by atoms with Crippen molar-refractivity contribution in [1.82, 2.24) is 0 Å². The van der Waals surface area contributed by atoms with Gasteiger partial charge in [0.2, 0.25) is 0 Å². The first-order valence-electron chi connectivity index (χ1n) is 10.7. The molecule has 174 valence electrons. The van der Waals surface area contributed by atoms with Gasteiger partial charge in [0.25, 0.3) is 6.43 Å². The van der Waals surface area contributed by atoms with E-state index in [-0.39, 0.29) is 19.3 Å². The van der Waals surface area contributed by atoms with Crippen molar-refractivity contribution < 1.29 is 36.2 Å². The number of ether oxygens (including phenoxy) is 3. The molecule has 2 unspecified atom stereocenters. The van der Waals surface area contributed by atoms with E-state index in [0.29, 0.717) is 24.7 Å². The van der Waals surface area contributed by atoms with Crippen molar-refractivity contribution >= 4 is 0 Å². The number of halogens is 5. The zero-order valence-electron chi connectivity index (χ0n) is 17.6. The van der Waals surface area contributed by atoms with Crippen molar-refractivity contribution in [3.63, 3.8) is 0 Å². The summed E-state index contributed by atoms with van der Waals surface area (Å²) in [5.74, 6) is -1.10. The number of benzene rings is 1. The van der Waals surface area contributed by atoms with Crippen molar-refractivity contribution in [3.8, 4) is 5.75 Å². The molecule has 2 fully saturated rings. The molecule has 0 aromatic heterocycles. The van der Waals surface area contributed by atoms with Gasteiger partial charge in [-0.2, -0.15) is 8.78 Å². The Bertz CT molecular complexity index is 739. The van der Waals surface area contributed by atoms with Crippen LogP contribution in [-0.4, -0.2) is 25.4 Å². The van der Waals surface area contributed by atoms with E-state index in [9.17, 15) is 22.0 Å². The second-order valence-corrected chi connectivity index (χ2v) is 8.47. The summed E-state index contributed by atoms with van der Waals surface area (Å²) < 4.78 is 86.3. The summed E-state index contributed by atoms with van der Waals surface area (Å²) in [4.78, 5) is 0. The fourth-order valence-corrected chi connectivity index (χ4v) is 4.42. The molecule has 31 heavy (non-hydrogen) atoms. The van der Waals surface area contributed by atoms with Gasteiger partial charge in [0.05, 0.1) is 29.9 Å². The minimum Gasteiger partial charge on any atom is -0.489 e. The molecule has 1 aliphatic carbocycles. The molecule has 1 aliphatic heterocycles. The molecule has 8 heteroatoms. The molecule has 0 bridgehead atoms. The fourth-order valence-electron chi connectivity index (χ4n) is 4.42. The second kappa shape index (κ2) is 10.3. The average molecular weight is 448 g/mol. The molecular formula is C23H29F5O3. The molecule has 1 aromatic rings. The quantitative estimate of drug-likeness (QED) is 0.325. The van der Waals surface area contributed by atoms with Crippen LogP contribution in [0, 0.1) is 17.7 Å². The second-order valence-electron chi connectivity index (χ2n) is 8.47. The molecule has 0 spiro atoms. The fraction of sp³-hybridized carbons (Fsp3) is 0.652. The highest BCUT2D eigenvalue weighted by Gasteiger charge is 2.42. The lowest BCUT2D eigenvalue weighted by molar-refractivity contribution is -0.291. The predicted octanol–water partition coefficient (Wildman–Crippen LogP) is 6.77. The first-order valence-corrected chi connectivity index (χ1v) is 10.7. The van der Waals surface area contributed by atoms with E-state index in [1.54, 1.807) is 0 Å². The minimum atomic E-state index is -4.08. The molecular weight excluding hydrogens is 419 g/mol. The summed E-state index contributed by atoms with van der Waals surface area (Å²) in [6.45, 7) is 5.41. The molecule has 0 amide bonds. The Hall–Kier alpha value is -1.67. The van der Waals surface area contributed by atoms with Crippen molar-refractivity contribution in [2.24, 2.45) is 11.8 Å². The van der Waals surface area contributed by atoms with E-state index in [0.717, 1.165) is 37.8 Å². The Morgan fingerprint density at radius 2 is 1.87 bits per heavy atom. The maximum Gasteiger partial charge on any atom is 0.386 e. The van der Waals surface area contributed by atoms with E-state index in [1.165, 1.54) is 6.08 Å². The number of hydrogen-bond acceptors (Lipinski definition) is 3. The third-order valence-electron chi connectivity index (χ3n) is 6.20. The maximum absolute atomic E-state index is 14.7. The first-order chi connectivity index (χ1) is 14.7. The van der Waals surface area contributed by atoms with Crippen LogP contribution in [0.4, 0.5) is 22.0 Å². The van der Waals surface area contributed by atoms with Gasteiger partial charge in [0.15, 0.2) is 0 Å². The molecule has 2 aliphatic rings. The molecule has 0 radical (unpaired) electrons. The number of rotatable bonds is 8. The SMILES string of the molecule is C=CCOc1ccc(C(F)(F)OC2CCC(C3CCC(C)CC3)OC2)c(F)c1C(F)F. The molecule has 1 saturated carbocycles. The summed E-state index contributed by atoms with van der Waals surface area (Å²) in [5, 5.41) is 0. The lowest BCUT2D eigenvalue weighted by atomic mass is 9.78. The van der Waals surface area contributed by atoms with Crippen LogP contribution >= 0.6 is 0 Å². The lowest BCUT2D eigenvalue weighted by Gasteiger charge is -2.37. The summed E-state index contributed by atoms with van der Waals surface area (Å²) in [6, 6.07) is 1.62. The molecule has 1 aromatic carbocycles. The summed E-state index contributed by atoms with van der Waals surface area (Å²) >= 11 is 0. The van der Waals surface area contributed by atoms with E-state index in [1.807, 2.05) is 0 Å². The summed E-state index contributed by atoms with van der Waals surface area (Å²) in [6.07, 6.45) is -1.71. The minimum absolute atomic E-state index is 0.0180. The van der Waals surface area contributed by atoms with E-state index >= 15 is 0 Å². The zero-order valence-corrected chi connectivity index (χ0v) is 17.6. The van der Waals surface area contributed by atoms with Crippen molar-refractivity contribution in [2.75, 3.05) is 13.2 Å². The van der Waals surface area contributed by atoms with Gasteiger partial charge in [-0.1, -0.05) is 32.4 Å². The molecule has 3 nitrogen and oxygen atoms in total. The standard InChI is InChI=1S/C23H29F5O3/c1-3-12-29-19-11-9-17(21(24)20(19)22(25)26)23(27,28)31-16-8-10-18(30-13-16)15-6-4-14(2)5-7-15/h3,9,11,14-16,18,22H,1,4-8,10,12-13H2,2H3. The van der Waals surface area contributed by atoms with Crippen molar-refractivity contribution in [1.29, 1.82) is 0 Å². The van der Waals surface area contributed by atoms with Gasteiger partial charge in [-0.25, -0.2) is 13.2 Å². The van der Waals surface area contributed by atoms with Crippen LogP contribution in [0.2, 0.25) is 0 Å². The number of hydrogen-bond donors (Lipinski definition) is 0. The van der Waals surface area contributed by atoms with Crippen LogP contribution in [0.5, 0.6) is 5.75 Å².